The molecule has 1 aliphatic rings. The number of nitrogen functional groups attached to an aromatic ring is 2. The lowest BCUT2D eigenvalue weighted by Gasteiger charge is -2.29. The van der Waals surface area contributed by atoms with Crippen LogP contribution < -0.4 is 11.5 Å². The van der Waals surface area contributed by atoms with E-state index in [0.29, 0.717) is 113 Å². The molecule has 49 heavy (non-hydrogen) atoms. The fourth-order valence-corrected chi connectivity index (χ4v) is 5.70. The van der Waals surface area contributed by atoms with Crippen molar-refractivity contribution in [1.29, 1.82) is 0 Å². The van der Waals surface area contributed by atoms with Gasteiger partial charge in [0.15, 0.2) is 11.2 Å². The number of rotatable bonds is 18. The Morgan fingerprint density at radius 1 is 0.878 bits per heavy atom. The first-order valence-electron chi connectivity index (χ1n) is 16.4. The summed E-state index contributed by atoms with van der Waals surface area (Å²) in [6.45, 7) is 8.15. The molecule has 0 aliphatic carbocycles. The van der Waals surface area contributed by atoms with Gasteiger partial charge in [-0.3, -0.25) is 4.79 Å². The van der Waals surface area contributed by atoms with Crippen molar-refractivity contribution in [2.75, 3.05) is 84.1 Å². The van der Waals surface area contributed by atoms with E-state index in [2.05, 4.69) is 33.2 Å². The predicted molar refractivity (Wildman–Crippen MR) is 182 cm³/mol. The van der Waals surface area contributed by atoms with Gasteiger partial charge in [-0.05, 0) is 48.2 Å². The van der Waals surface area contributed by atoms with E-state index in [9.17, 15) is 4.79 Å². The first-order chi connectivity index (χ1) is 24.0. The van der Waals surface area contributed by atoms with Crippen LogP contribution in [-0.4, -0.2) is 108 Å². The molecule has 0 radical (unpaired) electrons. The summed E-state index contributed by atoms with van der Waals surface area (Å²) in [5.41, 5.74) is 18.7. The Morgan fingerprint density at radius 2 is 1.61 bits per heavy atom. The number of anilines is 2. The molecule has 15 heteroatoms. The monoisotopic (exact) mass is 674 g/mol. The molecule has 0 fully saturated rings. The van der Waals surface area contributed by atoms with Crippen LogP contribution in [0.25, 0.3) is 33.4 Å². The number of oxazole rings is 1. The first-order valence-corrected chi connectivity index (χ1v) is 16.4. The van der Waals surface area contributed by atoms with Gasteiger partial charge in [-0.1, -0.05) is 18.2 Å². The number of hydrogen-bond acceptors (Lipinski definition) is 13. The van der Waals surface area contributed by atoms with Crippen LogP contribution in [0, 0.1) is 0 Å². The topological polar surface area (TPSA) is 188 Å². The summed E-state index contributed by atoms with van der Waals surface area (Å²) in [6.07, 6.45) is 2.19. The summed E-state index contributed by atoms with van der Waals surface area (Å²) in [5.74, 6) is 0.302. The molecular formula is C34H42N8O7. The Balaban J connectivity index is 0.971. The van der Waals surface area contributed by atoms with E-state index in [0.717, 1.165) is 23.1 Å². The molecule has 5 aromatic rings. The maximum atomic E-state index is 12.9. The molecule has 2 aromatic carbocycles. The van der Waals surface area contributed by atoms with Crippen LogP contribution in [0.3, 0.4) is 0 Å². The highest BCUT2D eigenvalue weighted by molar-refractivity contribution is 5.99. The van der Waals surface area contributed by atoms with Gasteiger partial charge in [0.1, 0.15) is 30.0 Å². The second-order valence-corrected chi connectivity index (χ2v) is 11.5. The van der Waals surface area contributed by atoms with E-state index in [1.54, 1.807) is 6.07 Å². The molecule has 0 unspecified atom stereocenters. The highest BCUT2D eigenvalue weighted by Crippen LogP contribution is 2.33. The molecule has 3 aromatic heterocycles. The van der Waals surface area contributed by atoms with Crippen LogP contribution in [-0.2, 0) is 48.0 Å². The fraction of sp³-hybridized carbons (Fsp3) is 0.441. The maximum absolute atomic E-state index is 12.9. The van der Waals surface area contributed by atoms with E-state index in [4.69, 9.17) is 44.7 Å². The lowest BCUT2D eigenvalue weighted by Crippen LogP contribution is -2.38. The van der Waals surface area contributed by atoms with Crippen molar-refractivity contribution in [2.45, 2.75) is 26.4 Å². The van der Waals surface area contributed by atoms with Gasteiger partial charge < -0.3 is 44.5 Å². The van der Waals surface area contributed by atoms with Crippen molar-refractivity contribution in [3.8, 4) is 11.3 Å². The Labute approximate surface area is 283 Å². The van der Waals surface area contributed by atoms with Crippen molar-refractivity contribution in [2.24, 2.45) is 0 Å². The molecule has 0 bridgehead atoms. The van der Waals surface area contributed by atoms with Crippen molar-refractivity contribution >= 4 is 39.9 Å². The zero-order valence-corrected chi connectivity index (χ0v) is 27.6. The number of nitrogens with two attached hydrogens (primary N) is 2. The summed E-state index contributed by atoms with van der Waals surface area (Å²) in [4.78, 5) is 27.7. The lowest BCUT2D eigenvalue weighted by molar-refractivity contribution is -0.137. The SMILES string of the molecule is CCOCCOCCOCCOCCOCC(=O)N1CCc2cc(Cn3nc(-c4ccc5oc(N)nc5c4)c4c(N)ncnc43)ccc2C1. The molecule has 4 N–H and O–H groups in total. The largest absolute Gasteiger partial charge is 0.424 e. The highest BCUT2D eigenvalue weighted by Gasteiger charge is 2.22. The Bertz CT molecular complexity index is 1860. The summed E-state index contributed by atoms with van der Waals surface area (Å²) in [5, 5.41) is 5.57. The van der Waals surface area contributed by atoms with Crippen molar-refractivity contribution in [3.05, 3.63) is 59.4 Å². The van der Waals surface area contributed by atoms with Gasteiger partial charge in [0.25, 0.3) is 6.01 Å². The number of fused-ring (bicyclic) bond motifs is 3. The molecule has 0 saturated heterocycles. The van der Waals surface area contributed by atoms with Gasteiger partial charge in [-0.15, -0.1) is 0 Å². The van der Waals surface area contributed by atoms with Crippen LogP contribution in [0.15, 0.2) is 47.1 Å². The molecule has 4 heterocycles. The van der Waals surface area contributed by atoms with Crippen LogP contribution in [0.1, 0.15) is 23.6 Å². The van der Waals surface area contributed by atoms with Crippen molar-refractivity contribution < 1.29 is 32.9 Å². The van der Waals surface area contributed by atoms with Crippen molar-refractivity contribution in [3.63, 3.8) is 0 Å². The Hall–Kier alpha value is -4.67. The van der Waals surface area contributed by atoms with Gasteiger partial charge in [-0.2, -0.15) is 10.1 Å². The number of carbonyl (C=O) groups is 1. The normalized spacial score (nSPS) is 13.0. The highest BCUT2D eigenvalue weighted by atomic mass is 16.6. The summed E-state index contributed by atoms with van der Waals surface area (Å²) in [7, 11) is 0. The average molecular weight is 675 g/mol. The molecule has 1 aliphatic heterocycles. The van der Waals surface area contributed by atoms with Crippen LogP contribution in [0.4, 0.5) is 11.8 Å². The number of benzene rings is 2. The second-order valence-electron chi connectivity index (χ2n) is 11.5. The number of nitrogens with zero attached hydrogens (tertiary/aromatic N) is 6. The Kier molecular flexibility index (Phi) is 11.6. The minimum atomic E-state index is -0.0401. The Morgan fingerprint density at radius 3 is 2.37 bits per heavy atom. The zero-order chi connectivity index (χ0) is 34.0. The maximum Gasteiger partial charge on any atom is 0.292 e. The van der Waals surface area contributed by atoms with Gasteiger partial charge in [-0.25, -0.2) is 14.6 Å². The molecule has 1 amide bonds. The quantitative estimate of drug-likeness (QED) is 0.129. The molecule has 260 valence electrons. The predicted octanol–water partition coefficient (Wildman–Crippen LogP) is 2.83. The van der Waals surface area contributed by atoms with Gasteiger partial charge >= 0.3 is 0 Å². The average Bonchev–Trinajstić information content (AvgIpc) is 3.67. The first kappa shape index (κ1) is 34.2. The minimum absolute atomic E-state index is 0.0169. The second kappa shape index (κ2) is 16.6. The number of ether oxygens (including phenoxy) is 5. The van der Waals surface area contributed by atoms with Crippen LogP contribution >= 0.6 is 0 Å². The summed E-state index contributed by atoms with van der Waals surface area (Å²) < 4.78 is 34.4. The molecule has 0 atom stereocenters. The van der Waals surface area contributed by atoms with Gasteiger partial charge in [0, 0.05) is 25.3 Å². The fourth-order valence-electron chi connectivity index (χ4n) is 5.70. The smallest absolute Gasteiger partial charge is 0.292 e. The minimum Gasteiger partial charge on any atom is -0.424 e. The zero-order valence-electron chi connectivity index (χ0n) is 27.6. The van der Waals surface area contributed by atoms with Crippen LogP contribution in [0.5, 0.6) is 0 Å². The number of hydrogen-bond donors (Lipinski definition) is 2. The van der Waals surface area contributed by atoms with E-state index in [1.807, 2.05) is 28.6 Å². The third-order valence-electron chi connectivity index (χ3n) is 8.12. The van der Waals surface area contributed by atoms with E-state index < -0.39 is 0 Å². The van der Waals surface area contributed by atoms with Gasteiger partial charge in [0.2, 0.25) is 5.91 Å². The van der Waals surface area contributed by atoms with E-state index in [-0.39, 0.29) is 18.5 Å². The number of amides is 1. The number of carbonyl (C=O) groups excluding carboxylic acids is 1. The number of aromatic nitrogens is 5. The van der Waals surface area contributed by atoms with Crippen molar-refractivity contribution in [1.82, 2.24) is 29.6 Å². The van der Waals surface area contributed by atoms with E-state index >= 15 is 0 Å². The third-order valence-corrected chi connectivity index (χ3v) is 8.12. The third kappa shape index (κ3) is 8.68. The standard InChI is InChI=1S/C34H42N8O7/c1-2-44-9-10-45-11-12-46-13-14-47-15-16-48-21-29(43)41-8-7-24-17-23(3-4-26(24)20-41)19-42-33-30(32(35)37-22-38-33)31(40-42)25-5-6-28-27(18-25)39-34(36)49-28/h3-6,17-18,22H,2,7-16,19-21H2,1H3,(H2,36,39)(H2,35,37,38). The molecule has 0 saturated carbocycles. The van der Waals surface area contributed by atoms with E-state index in [1.165, 1.54) is 11.9 Å². The molecule has 15 nitrogen and oxygen atoms in total. The molecule has 6 rings (SSSR count). The van der Waals surface area contributed by atoms with Crippen LogP contribution in [0.2, 0.25) is 0 Å². The van der Waals surface area contributed by atoms with Gasteiger partial charge in [0.05, 0.1) is 64.8 Å². The lowest BCUT2D eigenvalue weighted by atomic mass is 9.97. The molecular weight excluding hydrogens is 632 g/mol. The summed E-state index contributed by atoms with van der Waals surface area (Å²) in [6, 6.07) is 12.0. The summed E-state index contributed by atoms with van der Waals surface area (Å²) >= 11 is 0. The molecule has 0 spiro atoms.